The van der Waals surface area contributed by atoms with Crippen molar-refractivity contribution in [1.29, 1.82) is 0 Å². The molecule has 0 radical (unpaired) electrons. The van der Waals surface area contributed by atoms with Gasteiger partial charge in [-0.05, 0) is 37.8 Å². The van der Waals surface area contributed by atoms with Gasteiger partial charge in [0.05, 0.1) is 0 Å². The summed E-state index contributed by atoms with van der Waals surface area (Å²) in [5.74, 6) is 0. The number of hydrogen-bond donors (Lipinski definition) is 2. The van der Waals surface area contributed by atoms with Crippen LogP contribution in [-0.2, 0) is 0 Å². The molecule has 0 saturated heterocycles. The van der Waals surface area contributed by atoms with Crippen molar-refractivity contribution in [2.24, 2.45) is 11.1 Å². The second-order valence-electron chi connectivity index (χ2n) is 5.76. The fraction of sp³-hybridized carbons (Fsp3) is 1.00. The largest absolute Gasteiger partial charge is 0.330 e. The molecule has 1 saturated carbocycles. The Balaban J connectivity index is 2.13. The topological polar surface area (TPSA) is 38.0 Å². The maximum absolute atomic E-state index is 5.72. The molecule has 0 heterocycles. The minimum atomic E-state index is 0.303. The van der Waals surface area contributed by atoms with Gasteiger partial charge in [0, 0.05) is 6.04 Å². The van der Waals surface area contributed by atoms with Gasteiger partial charge in [-0.1, -0.05) is 39.5 Å². The average molecular weight is 212 g/mol. The summed E-state index contributed by atoms with van der Waals surface area (Å²) < 4.78 is 0. The molecule has 15 heavy (non-hydrogen) atoms. The molecule has 1 aliphatic rings. The molecule has 0 unspecified atom stereocenters. The maximum atomic E-state index is 5.72. The van der Waals surface area contributed by atoms with E-state index in [1.165, 1.54) is 44.9 Å². The first-order valence-corrected chi connectivity index (χ1v) is 6.57. The molecule has 2 nitrogen and oxygen atoms in total. The SMILES string of the molecule is CC(C)(CN)CCNC1CCCCCC1. The summed E-state index contributed by atoms with van der Waals surface area (Å²) in [5, 5.41) is 3.70. The first kappa shape index (κ1) is 13.0. The predicted molar refractivity (Wildman–Crippen MR) is 66.9 cm³/mol. The normalized spacial score (nSPS) is 20.2. The molecule has 1 rings (SSSR count). The zero-order valence-electron chi connectivity index (χ0n) is 10.5. The second-order valence-corrected chi connectivity index (χ2v) is 5.76. The van der Waals surface area contributed by atoms with Crippen LogP contribution >= 0.6 is 0 Å². The van der Waals surface area contributed by atoms with Crippen molar-refractivity contribution in [3.8, 4) is 0 Å². The molecule has 2 heteroatoms. The van der Waals surface area contributed by atoms with Crippen molar-refractivity contribution in [2.75, 3.05) is 13.1 Å². The van der Waals surface area contributed by atoms with Gasteiger partial charge in [-0.15, -0.1) is 0 Å². The number of rotatable bonds is 5. The van der Waals surface area contributed by atoms with E-state index in [4.69, 9.17) is 5.73 Å². The minimum Gasteiger partial charge on any atom is -0.330 e. The average Bonchev–Trinajstić information content (AvgIpc) is 2.46. The Morgan fingerprint density at radius 2 is 1.73 bits per heavy atom. The van der Waals surface area contributed by atoms with Gasteiger partial charge in [0.15, 0.2) is 0 Å². The zero-order valence-corrected chi connectivity index (χ0v) is 10.5. The van der Waals surface area contributed by atoms with Gasteiger partial charge in [-0.2, -0.15) is 0 Å². The van der Waals surface area contributed by atoms with Crippen LogP contribution in [0.5, 0.6) is 0 Å². The van der Waals surface area contributed by atoms with Crippen molar-refractivity contribution < 1.29 is 0 Å². The molecule has 0 aromatic carbocycles. The Hall–Kier alpha value is -0.0800. The Morgan fingerprint density at radius 1 is 1.13 bits per heavy atom. The smallest absolute Gasteiger partial charge is 0.00670 e. The van der Waals surface area contributed by atoms with E-state index >= 15 is 0 Å². The van der Waals surface area contributed by atoms with Gasteiger partial charge < -0.3 is 11.1 Å². The van der Waals surface area contributed by atoms with Crippen molar-refractivity contribution in [1.82, 2.24) is 5.32 Å². The molecule has 0 bridgehead atoms. The van der Waals surface area contributed by atoms with E-state index in [1.807, 2.05) is 0 Å². The Labute approximate surface area is 95.0 Å². The summed E-state index contributed by atoms with van der Waals surface area (Å²) in [5.41, 5.74) is 6.03. The van der Waals surface area contributed by atoms with Gasteiger partial charge in [0.25, 0.3) is 0 Å². The van der Waals surface area contributed by atoms with Crippen LogP contribution in [0.4, 0.5) is 0 Å². The molecule has 0 aromatic rings. The van der Waals surface area contributed by atoms with Crippen LogP contribution < -0.4 is 11.1 Å². The highest BCUT2D eigenvalue weighted by Gasteiger charge is 2.16. The number of nitrogens with one attached hydrogen (secondary N) is 1. The molecule has 0 aromatic heterocycles. The molecule has 90 valence electrons. The molecule has 0 amide bonds. The van der Waals surface area contributed by atoms with E-state index < -0.39 is 0 Å². The number of hydrogen-bond acceptors (Lipinski definition) is 2. The third-order valence-electron chi connectivity index (χ3n) is 3.64. The Kier molecular flexibility index (Phi) is 5.62. The first-order chi connectivity index (χ1) is 7.14. The summed E-state index contributed by atoms with van der Waals surface area (Å²) >= 11 is 0. The molecular formula is C13H28N2. The first-order valence-electron chi connectivity index (χ1n) is 6.57. The summed E-state index contributed by atoms with van der Waals surface area (Å²) in [7, 11) is 0. The lowest BCUT2D eigenvalue weighted by Crippen LogP contribution is -2.34. The van der Waals surface area contributed by atoms with E-state index in [0.29, 0.717) is 5.41 Å². The van der Waals surface area contributed by atoms with Crippen molar-refractivity contribution >= 4 is 0 Å². The number of nitrogens with two attached hydrogens (primary N) is 1. The zero-order chi connectivity index (χ0) is 11.1. The van der Waals surface area contributed by atoms with Crippen LogP contribution in [0, 0.1) is 5.41 Å². The van der Waals surface area contributed by atoms with Crippen LogP contribution in [0.3, 0.4) is 0 Å². The molecule has 1 fully saturated rings. The lowest BCUT2D eigenvalue weighted by molar-refractivity contribution is 0.323. The van der Waals surface area contributed by atoms with E-state index in [1.54, 1.807) is 0 Å². The summed E-state index contributed by atoms with van der Waals surface area (Å²) in [4.78, 5) is 0. The van der Waals surface area contributed by atoms with Gasteiger partial charge in [0.2, 0.25) is 0 Å². The third kappa shape index (κ3) is 5.53. The summed E-state index contributed by atoms with van der Waals surface area (Å²) in [6.45, 7) is 6.43. The third-order valence-corrected chi connectivity index (χ3v) is 3.64. The van der Waals surface area contributed by atoms with Crippen LogP contribution in [0.15, 0.2) is 0 Å². The molecule has 1 aliphatic carbocycles. The summed E-state index contributed by atoms with van der Waals surface area (Å²) in [6.07, 6.45) is 9.65. The van der Waals surface area contributed by atoms with Crippen LogP contribution in [0.1, 0.15) is 58.8 Å². The van der Waals surface area contributed by atoms with Gasteiger partial charge in [-0.25, -0.2) is 0 Å². The van der Waals surface area contributed by atoms with Crippen LogP contribution in [-0.4, -0.2) is 19.1 Å². The van der Waals surface area contributed by atoms with Gasteiger partial charge >= 0.3 is 0 Å². The summed E-state index contributed by atoms with van der Waals surface area (Å²) in [6, 6.07) is 0.779. The fourth-order valence-corrected chi connectivity index (χ4v) is 2.20. The maximum Gasteiger partial charge on any atom is 0.00670 e. The Bertz CT molecular complexity index is 158. The van der Waals surface area contributed by atoms with Gasteiger partial charge in [-0.3, -0.25) is 0 Å². The molecule has 0 aliphatic heterocycles. The fourth-order valence-electron chi connectivity index (χ4n) is 2.20. The lowest BCUT2D eigenvalue weighted by atomic mass is 9.89. The monoisotopic (exact) mass is 212 g/mol. The minimum absolute atomic E-state index is 0.303. The van der Waals surface area contributed by atoms with Crippen LogP contribution in [0.25, 0.3) is 0 Å². The molecule has 0 spiro atoms. The highest BCUT2D eigenvalue weighted by Crippen LogP contribution is 2.19. The molecule has 0 atom stereocenters. The quantitative estimate of drug-likeness (QED) is 0.688. The second kappa shape index (κ2) is 6.49. The standard InChI is InChI=1S/C13H28N2/c1-13(2,11-14)9-10-15-12-7-5-3-4-6-8-12/h12,15H,3-11,14H2,1-2H3. The van der Waals surface area contributed by atoms with Gasteiger partial charge in [0.1, 0.15) is 0 Å². The predicted octanol–water partition coefficient (Wildman–Crippen LogP) is 2.67. The highest BCUT2D eigenvalue weighted by molar-refractivity contribution is 4.74. The Morgan fingerprint density at radius 3 is 2.27 bits per heavy atom. The lowest BCUT2D eigenvalue weighted by Gasteiger charge is -2.24. The van der Waals surface area contributed by atoms with Crippen molar-refractivity contribution in [3.05, 3.63) is 0 Å². The van der Waals surface area contributed by atoms with E-state index in [9.17, 15) is 0 Å². The molecular weight excluding hydrogens is 184 g/mol. The van der Waals surface area contributed by atoms with Crippen LogP contribution in [0.2, 0.25) is 0 Å². The highest BCUT2D eigenvalue weighted by atomic mass is 14.9. The van der Waals surface area contributed by atoms with E-state index in [-0.39, 0.29) is 0 Å². The van der Waals surface area contributed by atoms with Crippen molar-refractivity contribution in [2.45, 2.75) is 64.8 Å². The van der Waals surface area contributed by atoms with E-state index in [0.717, 1.165) is 19.1 Å². The van der Waals surface area contributed by atoms with Crippen molar-refractivity contribution in [3.63, 3.8) is 0 Å². The molecule has 3 N–H and O–H groups in total. The van der Waals surface area contributed by atoms with E-state index in [2.05, 4.69) is 19.2 Å².